The summed E-state index contributed by atoms with van der Waals surface area (Å²) in [4.78, 5) is 0. The maximum absolute atomic E-state index is 7.16. The van der Waals surface area contributed by atoms with Gasteiger partial charge in [0.25, 0.3) is 0 Å². The van der Waals surface area contributed by atoms with Crippen molar-refractivity contribution in [2.45, 2.75) is 0 Å². The van der Waals surface area contributed by atoms with Crippen LogP contribution in [0.25, 0.3) is 187 Å². The van der Waals surface area contributed by atoms with Gasteiger partial charge in [0, 0.05) is 87.4 Å². The summed E-state index contributed by atoms with van der Waals surface area (Å²) in [6.45, 7) is 0. The van der Waals surface area contributed by atoms with Crippen molar-refractivity contribution in [2.24, 2.45) is 0 Å². The predicted molar refractivity (Wildman–Crippen MR) is 359 cm³/mol. The molecule has 0 aliphatic rings. The van der Waals surface area contributed by atoms with Crippen LogP contribution in [0.3, 0.4) is 0 Å². The minimum atomic E-state index is 0.855. The van der Waals surface area contributed by atoms with Gasteiger partial charge in [-0.15, -0.1) is 0 Å². The quantitative estimate of drug-likeness (QED) is 0.172. The maximum atomic E-state index is 7.16. The number of hydrogen-bond donors (Lipinski definition) is 0. The van der Waals surface area contributed by atoms with E-state index < -0.39 is 0 Å². The molecule has 0 saturated carbocycles. The van der Waals surface area contributed by atoms with Gasteiger partial charge in [0.1, 0.15) is 16.7 Å². The normalized spacial score (nSPS) is 12.4. The Labute approximate surface area is 490 Å². The first-order valence-electron chi connectivity index (χ1n) is 29.5. The smallest absolute Gasteiger partial charge is 0.160 e. The van der Waals surface area contributed by atoms with Gasteiger partial charge in [0.05, 0.1) is 44.1 Å². The molecular weight excluding hydrogens is 1050 g/mol. The Balaban J connectivity index is 0.748. The van der Waals surface area contributed by atoms with Gasteiger partial charge in [-0.2, -0.15) is 0 Å². The maximum Gasteiger partial charge on any atom is 0.160 e. The lowest BCUT2D eigenvalue weighted by molar-refractivity contribution is 0.669. The summed E-state index contributed by atoms with van der Waals surface area (Å²) in [6, 6.07) is 102. The van der Waals surface area contributed by atoms with Crippen molar-refractivity contribution >= 4 is 153 Å². The molecule has 0 atom stereocenters. The van der Waals surface area contributed by atoms with Crippen LogP contribution in [0.1, 0.15) is 0 Å². The largest absolute Gasteiger partial charge is 0.456 e. The molecule has 86 heavy (non-hydrogen) atoms. The molecule has 6 heterocycles. The molecule has 6 nitrogen and oxygen atoms in total. The highest BCUT2D eigenvalue weighted by molar-refractivity contribution is 6.28. The summed E-state index contributed by atoms with van der Waals surface area (Å²) in [7, 11) is 0. The van der Waals surface area contributed by atoms with Crippen LogP contribution in [0, 0.1) is 0 Å². The second-order valence-corrected chi connectivity index (χ2v) is 23.2. The van der Waals surface area contributed by atoms with E-state index in [-0.39, 0.29) is 0 Å². The molecule has 6 heteroatoms. The summed E-state index contributed by atoms with van der Waals surface area (Å²) in [6.07, 6.45) is 0. The van der Waals surface area contributed by atoms with Crippen LogP contribution < -0.4 is 0 Å². The van der Waals surface area contributed by atoms with Crippen molar-refractivity contribution in [2.75, 3.05) is 0 Å². The fourth-order valence-corrected chi connectivity index (χ4v) is 14.9. The van der Waals surface area contributed by atoms with Crippen molar-refractivity contribution in [3.05, 3.63) is 279 Å². The highest BCUT2D eigenvalue weighted by Crippen LogP contribution is 2.46. The molecule has 20 rings (SSSR count). The predicted octanol–water partition coefficient (Wildman–Crippen LogP) is 21.8. The summed E-state index contributed by atoms with van der Waals surface area (Å²) in [5.41, 5.74) is 19.3. The van der Waals surface area contributed by atoms with E-state index in [1.165, 1.54) is 64.9 Å². The van der Waals surface area contributed by atoms with Crippen molar-refractivity contribution in [1.29, 1.82) is 0 Å². The van der Waals surface area contributed by atoms with Crippen LogP contribution in [0.15, 0.2) is 288 Å². The third-order valence-electron chi connectivity index (χ3n) is 18.7. The standard InChI is InChI=1S/C80H46N4O2/c1-2-17-49-42-73-64(39-48(49)16-1)65-46-77-67(60-26-8-12-30-75(60)85-77)45-74(65)83(73)54-20-13-18-52(43-54)82-70-29-11-7-25-59(70)63-40-50(32-36-71(63)82)51-33-38-76-66(41-51)61-34-35-62-78-56-22-4-3-15-47(56)31-37-72(78)84(79(62)80(61)86-76)55-21-14-19-53(44-55)81-68-27-9-5-23-57(68)58-24-6-10-28-69(58)81/h1-46H. The molecule has 0 bridgehead atoms. The van der Waals surface area contributed by atoms with Crippen LogP contribution >= 0.6 is 0 Å². The van der Waals surface area contributed by atoms with Gasteiger partial charge >= 0.3 is 0 Å². The van der Waals surface area contributed by atoms with Gasteiger partial charge in [-0.3, -0.25) is 0 Å². The zero-order valence-corrected chi connectivity index (χ0v) is 46.2. The number of para-hydroxylation sites is 4. The molecule has 20 aromatic rings. The van der Waals surface area contributed by atoms with Gasteiger partial charge in [-0.05, 0) is 154 Å². The van der Waals surface area contributed by atoms with Gasteiger partial charge in [-0.25, -0.2) is 0 Å². The Morgan fingerprint density at radius 2 is 0.686 bits per heavy atom. The highest BCUT2D eigenvalue weighted by atomic mass is 16.3. The molecule has 0 radical (unpaired) electrons. The lowest BCUT2D eigenvalue weighted by Gasteiger charge is -2.13. The zero-order chi connectivity index (χ0) is 55.9. The van der Waals surface area contributed by atoms with E-state index in [4.69, 9.17) is 8.83 Å². The monoisotopic (exact) mass is 1090 g/mol. The molecule has 14 aromatic carbocycles. The molecule has 0 aliphatic carbocycles. The summed E-state index contributed by atoms with van der Waals surface area (Å²) in [5.74, 6) is 0. The molecule has 0 saturated heterocycles. The zero-order valence-electron chi connectivity index (χ0n) is 46.2. The number of aromatic nitrogens is 4. The van der Waals surface area contributed by atoms with E-state index in [1.54, 1.807) is 0 Å². The average molecular weight is 1100 g/mol. The first-order chi connectivity index (χ1) is 42.6. The fraction of sp³-hybridized carbons (Fsp3) is 0. The minimum absolute atomic E-state index is 0.855. The molecule has 6 aromatic heterocycles. The SMILES string of the molecule is c1cc(-n2c3ccccc3c3cc(-c4ccc5oc6c(ccc7c8c9ccccc9ccc8n(-c8cccc(-n9c%10ccccc%10c%10ccccc%109)c8)c76)c5c4)ccc32)cc(-n2c3cc4ccccc4cc3c3cc4oc5ccccc5c4cc32)c1. The Bertz CT molecular complexity index is 6300. The Kier molecular flexibility index (Phi) is 9.09. The summed E-state index contributed by atoms with van der Waals surface area (Å²) in [5, 5.41) is 18.8. The van der Waals surface area contributed by atoms with E-state index in [0.29, 0.717) is 0 Å². The minimum Gasteiger partial charge on any atom is -0.456 e. The molecule has 0 amide bonds. The van der Waals surface area contributed by atoms with E-state index in [2.05, 4.69) is 291 Å². The first-order valence-corrected chi connectivity index (χ1v) is 29.5. The molecule has 0 spiro atoms. The molecule has 0 N–H and O–H groups in total. The van der Waals surface area contributed by atoms with Crippen molar-refractivity contribution in [3.8, 4) is 33.9 Å². The van der Waals surface area contributed by atoms with Crippen LogP contribution in [0.2, 0.25) is 0 Å². The highest BCUT2D eigenvalue weighted by Gasteiger charge is 2.24. The third kappa shape index (κ3) is 6.28. The van der Waals surface area contributed by atoms with Crippen molar-refractivity contribution in [3.63, 3.8) is 0 Å². The number of nitrogens with zero attached hydrogens (tertiary/aromatic N) is 4. The van der Waals surface area contributed by atoms with Crippen LogP contribution in [-0.2, 0) is 0 Å². The van der Waals surface area contributed by atoms with Crippen LogP contribution in [-0.4, -0.2) is 18.3 Å². The second-order valence-electron chi connectivity index (χ2n) is 23.2. The molecule has 0 fully saturated rings. The third-order valence-corrected chi connectivity index (χ3v) is 18.7. The first kappa shape index (κ1) is 45.9. The second kappa shape index (κ2) is 17.0. The number of benzene rings is 14. The molecule has 0 unspecified atom stereocenters. The summed E-state index contributed by atoms with van der Waals surface area (Å²) >= 11 is 0. The average Bonchev–Trinajstić information content (AvgIpc) is 1.77. The van der Waals surface area contributed by atoms with E-state index in [0.717, 1.165) is 122 Å². The van der Waals surface area contributed by atoms with Gasteiger partial charge in [-0.1, -0.05) is 158 Å². The lowest BCUT2D eigenvalue weighted by Crippen LogP contribution is -1.98. The lowest BCUT2D eigenvalue weighted by atomic mass is 10.00. The van der Waals surface area contributed by atoms with E-state index >= 15 is 0 Å². The van der Waals surface area contributed by atoms with Crippen LogP contribution in [0.5, 0.6) is 0 Å². The van der Waals surface area contributed by atoms with Crippen molar-refractivity contribution < 1.29 is 8.83 Å². The molecule has 398 valence electrons. The van der Waals surface area contributed by atoms with E-state index in [1.807, 2.05) is 6.07 Å². The van der Waals surface area contributed by atoms with Crippen LogP contribution in [0.4, 0.5) is 0 Å². The number of hydrogen-bond acceptors (Lipinski definition) is 2. The van der Waals surface area contributed by atoms with Gasteiger partial charge in [0.15, 0.2) is 5.58 Å². The Morgan fingerprint density at radius 1 is 0.209 bits per heavy atom. The topological polar surface area (TPSA) is 46.0 Å². The fourth-order valence-electron chi connectivity index (χ4n) is 14.9. The van der Waals surface area contributed by atoms with Gasteiger partial charge in [0.2, 0.25) is 0 Å². The number of furan rings is 2. The van der Waals surface area contributed by atoms with E-state index in [9.17, 15) is 0 Å². The Hall–Kier alpha value is -11.6. The number of fused-ring (bicyclic) bond motifs is 22. The van der Waals surface area contributed by atoms with Crippen molar-refractivity contribution in [1.82, 2.24) is 18.3 Å². The molecule has 0 aliphatic heterocycles. The Morgan fingerprint density at radius 3 is 1.40 bits per heavy atom. The molecular formula is C80H46N4O2. The number of rotatable bonds is 5. The van der Waals surface area contributed by atoms with Gasteiger partial charge < -0.3 is 27.1 Å². The summed E-state index contributed by atoms with van der Waals surface area (Å²) < 4.78 is 23.4.